The summed E-state index contributed by atoms with van der Waals surface area (Å²) in [5.41, 5.74) is 2.01. The van der Waals surface area contributed by atoms with E-state index >= 15 is 0 Å². The number of piperidine rings is 1. The van der Waals surface area contributed by atoms with Crippen molar-refractivity contribution in [2.45, 2.75) is 57.6 Å². The van der Waals surface area contributed by atoms with Gasteiger partial charge in [0.1, 0.15) is 12.1 Å². The lowest BCUT2D eigenvalue weighted by Crippen LogP contribution is -3.15. The van der Waals surface area contributed by atoms with Crippen molar-refractivity contribution in [3.05, 3.63) is 29.8 Å². The van der Waals surface area contributed by atoms with Crippen LogP contribution in [0.5, 0.6) is 0 Å². The van der Waals surface area contributed by atoms with Crippen molar-refractivity contribution in [2.24, 2.45) is 5.92 Å². The van der Waals surface area contributed by atoms with Gasteiger partial charge in [-0.15, -0.1) is 0 Å². The van der Waals surface area contributed by atoms with Crippen LogP contribution in [0, 0.1) is 17.2 Å². The van der Waals surface area contributed by atoms with Crippen molar-refractivity contribution in [1.82, 2.24) is 0 Å². The second-order valence-electron chi connectivity index (χ2n) is 7.69. The van der Waals surface area contributed by atoms with Crippen LogP contribution in [0.1, 0.15) is 57.6 Å². The fraction of sp³-hybridized carbons (Fsp3) is 0.667. The number of nitriles is 1. The van der Waals surface area contributed by atoms with Crippen LogP contribution in [0.2, 0.25) is 0 Å². The SMILES string of the molecule is CCN(CC)c1ccc([C@H]2[C@H]3CCCC[C@]3(O)CC[NH+]2CC#N)cc1. The van der Waals surface area contributed by atoms with E-state index in [2.05, 4.69) is 49.1 Å². The summed E-state index contributed by atoms with van der Waals surface area (Å²) in [6.45, 7) is 7.79. The van der Waals surface area contributed by atoms with Gasteiger partial charge in [-0.3, -0.25) is 0 Å². The highest BCUT2D eigenvalue weighted by molar-refractivity contribution is 5.47. The highest BCUT2D eigenvalue weighted by Gasteiger charge is 2.51. The van der Waals surface area contributed by atoms with Gasteiger partial charge in [-0.1, -0.05) is 25.0 Å². The number of quaternary nitrogens is 1. The van der Waals surface area contributed by atoms with Crippen LogP contribution < -0.4 is 9.80 Å². The Kier molecular flexibility index (Phi) is 5.66. The smallest absolute Gasteiger partial charge is 0.165 e. The Morgan fingerprint density at radius 2 is 1.92 bits per heavy atom. The molecule has 1 aliphatic carbocycles. The molecule has 0 amide bonds. The Balaban J connectivity index is 1.91. The first-order valence-electron chi connectivity index (χ1n) is 9.91. The van der Waals surface area contributed by atoms with Crippen LogP contribution in [-0.4, -0.2) is 36.9 Å². The average Bonchev–Trinajstić information content (AvgIpc) is 2.64. The summed E-state index contributed by atoms with van der Waals surface area (Å²) < 4.78 is 0. The Morgan fingerprint density at radius 3 is 2.56 bits per heavy atom. The number of anilines is 1. The maximum absolute atomic E-state index is 11.2. The highest BCUT2D eigenvalue weighted by atomic mass is 16.3. The van der Waals surface area contributed by atoms with Crippen LogP contribution in [-0.2, 0) is 0 Å². The zero-order chi connectivity index (χ0) is 17.9. The quantitative estimate of drug-likeness (QED) is 0.808. The molecule has 4 nitrogen and oxygen atoms in total. The number of benzene rings is 1. The number of hydrogen-bond acceptors (Lipinski definition) is 3. The third kappa shape index (κ3) is 3.54. The fourth-order valence-electron chi connectivity index (χ4n) is 5.10. The van der Waals surface area contributed by atoms with Gasteiger partial charge in [0.05, 0.1) is 12.1 Å². The Bertz CT molecular complexity index is 605. The predicted molar refractivity (Wildman–Crippen MR) is 101 cm³/mol. The van der Waals surface area contributed by atoms with Crippen LogP contribution in [0.25, 0.3) is 0 Å². The number of nitrogens with one attached hydrogen (secondary N) is 1. The monoisotopic (exact) mass is 342 g/mol. The third-order valence-electron chi connectivity index (χ3n) is 6.47. The molecule has 4 heteroatoms. The molecule has 1 aliphatic heterocycles. The van der Waals surface area contributed by atoms with Gasteiger partial charge in [0.25, 0.3) is 0 Å². The molecule has 0 radical (unpaired) electrons. The van der Waals surface area contributed by atoms with E-state index in [1.165, 1.54) is 22.6 Å². The molecule has 4 atom stereocenters. The standard InChI is InChI=1S/C21H31N3O/c1-3-23(4-2)18-10-8-17(9-11-18)20-19-7-5-6-12-21(19,25)13-15-24(20)16-14-22/h8-11,19-20,25H,3-7,12-13,15-16H2,1-2H3/p+1/t19-,20+,21+/m1/s1. The first kappa shape index (κ1) is 18.2. The Hall–Kier alpha value is -1.57. The van der Waals surface area contributed by atoms with Gasteiger partial charge < -0.3 is 14.9 Å². The number of hydrogen-bond donors (Lipinski definition) is 2. The minimum atomic E-state index is -0.528. The number of nitrogens with zero attached hydrogens (tertiary/aromatic N) is 2. The molecule has 0 aromatic heterocycles. The van der Waals surface area contributed by atoms with Crippen molar-refractivity contribution >= 4 is 5.69 Å². The van der Waals surface area contributed by atoms with E-state index < -0.39 is 5.60 Å². The molecule has 25 heavy (non-hydrogen) atoms. The molecule has 1 saturated heterocycles. The van der Waals surface area contributed by atoms with Gasteiger partial charge in [-0.25, -0.2) is 0 Å². The number of aliphatic hydroxyl groups is 1. The van der Waals surface area contributed by atoms with Crippen LogP contribution >= 0.6 is 0 Å². The summed E-state index contributed by atoms with van der Waals surface area (Å²) in [5, 5.41) is 20.5. The minimum Gasteiger partial charge on any atom is -0.389 e. The zero-order valence-electron chi connectivity index (χ0n) is 15.7. The van der Waals surface area contributed by atoms with E-state index in [0.29, 0.717) is 6.54 Å². The molecule has 1 saturated carbocycles. The van der Waals surface area contributed by atoms with Crippen molar-refractivity contribution in [3.63, 3.8) is 0 Å². The summed E-state index contributed by atoms with van der Waals surface area (Å²) in [7, 11) is 0. The maximum Gasteiger partial charge on any atom is 0.165 e. The van der Waals surface area contributed by atoms with Crippen LogP contribution in [0.3, 0.4) is 0 Å². The van der Waals surface area contributed by atoms with Gasteiger partial charge in [-0.2, -0.15) is 5.26 Å². The molecule has 136 valence electrons. The Labute approximate surface area is 152 Å². The lowest BCUT2D eigenvalue weighted by molar-refractivity contribution is -0.938. The van der Waals surface area contributed by atoms with Crippen molar-refractivity contribution < 1.29 is 10.0 Å². The number of rotatable bonds is 5. The number of fused-ring (bicyclic) bond motifs is 1. The summed E-state index contributed by atoms with van der Waals surface area (Å²) in [6, 6.07) is 11.5. The lowest BCUT2D eigenvalue weighted by atomic mass is 9.66. The van der Waals surface area contributed by atoms with Crippen molar-refractivity contribution in [1.29, 1.82) is 5.26 Å². The predicted octanol–water partition coefficient (Wildman–Crippen LogP) is 2.31. The largest absolute Gasteiger partial charge is 0.389 e. The van der Waals surface area contributed by atoms with Gasteiger partial charge in [0.15, 0.2) is 6.54 Å². The third-order valence-corrected chi connectivity index (χ3v) is 6.47. The lowest BCUT2D eigenvalue weighted by Gasteiger charge is -2.49. The summed E-state index contributed by atoms with van der Waals surface area (Å²) >= 11 is 0. The first-order chi connectivity index (χ1) is 12.1. The van der Waals surface area contributed by atoms with E-state index in [-0.39, 0.29) is 12.0 Å². The van der Waals surface area contributed by atoms with Gasteiger partial charge in [0, 0.05) is 36.7 Å². The molecule has 2 aliphatic rings. The van der Waals surface area contributed by atoms with E-state index in [4.69, 9.17) is 0 Å². The van der Waals surface area contributed by atoms with E-state index in [9.17, 15) is 10.4 Å². The van der Waals surface area contributed by atoms with Crippen LogP contribution in [0.15, 0.2) is 24.3 Å². The van der Waals surface area contributed by atoms with Crippen LogP contribution in [0.4, 0.5) is 5.69 Å². The topological polar surface area (TPSA) is 51.7 Å². The maximum atomic E-state index is 11.2. The fourth-order valence-corrected chi connectivity index (χ4v) is 5.10. The van der Waals surface area contributed by atoms with Crippen molar-refractivity contribution in [3.8, 4) is 6.07 Å². The van der Waals surface area contributed by atoms with E-state index in [0.717, 1.165) is 45.3 Å². The van der Waals surface area contributed by atoms with Crippen molar-refractivity contribution in [2.75, 3.05) is 31.1 Å². The Morgan fingerprint density at radius 1 is 1.20 bits per heavy atom. The molecule has 1 aromatic rings. The van der Waals surface area contributed by atoms with E-state index in [1.54, 1.807) is 0 Å². The molecule has 1 unspecified atom stereocenters. The zero-order valence-corrected chi connectivity index (χ0v) is 15.7. The molecule has 0 bridgehead atoms. The molecule has 2 N–H and O–H groups in total. The second-order valence-corrected chi connectivity index (χ2v) is 7.69. The molecule has 2 fully saturated rings. The molecule has 1 aromatic carbocycles. The molecular formula is C21H32N3O+. The molecule has 3 rings (SSSR count). The highest BCUT2D eigenvalue weighted by Crippen LogP contribution is 2.44. The summed E-state index contributed by atoms with van der Waals surface area (Å²) in [5.74, 6) is 0.276. The van der Waals surface area contributed by atoms with Gasteiger partial charge >= 0.3 is 0 Å². The molecular weight excluding hydrogens is 310 g/mol. The average molecular weight is 343 g/mol. The summed E-state index contributed by atoms with van der Waals surface area (Å²) in [6.07, 6.45) is 5.16. The van der Waals surface area contributed by atoms with Gasteiger partial charge in [-0.05, 0) is 38.8 Å². The van der Waals surface area contributed by atoms with Gasteiger partial charge in [0.2, 0.25) is 0 Å². The molecule has 0 spiro atoms. The minimum absolute atomic E-state index is 0.240. The molecule has 1 heterocycles. The normalized spacial score (nSPS) is 31.8. The summed E-state index contributed by atoms with van der Waals surface area (Å²) in [4.78, 5) is 3.68. The first-order valence-corrected chi connectivity index (χ1v) is 9.91. The number of likely N-dealkylation sites (tertiary alicyclic amines) is 1. The second kappa shape index (κ2) is 7.76. The van der Waals surface area contributed by atoms with E-state index in [1.807, 2.05) is 0 Å².